The third-order valence-corrected chi connectivity index (χ3v) is 2.13. The number of nitrogens with two attached hydrogens (primary N) is 1. The first kappa shape index (κ1) is 15.3. The Labute approximate surface area is 111 Å². The fraction of sp³-hybridized carbons (Fsp3) is 0.182. The van der Waals surface area contributed by atoms with E-state index in [1.165, 1.54) is 0 Å². The van der Waals surface area contributed by atoms with Crippen LogP contribution >= 0.6 is 0 Å². The highest BCUT2D eigenvalue weighted by Crippen LogP contribution is 2.12. The van der Waals surface area contributed by atoms with Crippen molar-refractivity contribution in [3.63, 3.8) is 0 Å². The van der Waals surface area contributed by atoms with Crippen molar-refractivity contribution in [3.05, 3.63) is 29.8 Å². The number of nitrogens with one attached hydrogen (secondary N) is 2. The fourth-order valence-corrected chi connectivity index (χ4v) is 1.35. The van der Waals surface area contributed by atoms with Gasteiger partial charge in [0.2, 0.25) is 5.91 Å². The van der Waals surface area contributed by atoms with Gasteiger partial charge >= 0.3 is 12.0 Å². The number of halogens is 2. The monoisotopic (exact) mass is 287 g/mol. The number of carbonyl (C=O) groups is 3. The predicted octanol–water partition coefficient (Wildman–Crippen LogP) is 0.415. The van der Waals surface area contributed by atoms with Gasteiger partial charge in [0, 0.05) is 11.8 Å². The van der Waals surface area contributed by atoms with Crippen molar-refractivity contribution in [2.45, 2.75) is 12.5 Å². The Morgan fingerprint density at radius 3 is 2.20 bits per heavy atom. The number of benzene rings is 1. The molecular weight excluding hydrogens is 276 g/mol. The maximum absolute atomic E-state index is 12.9. The number of carboxylic acid groups (broad SMARTS) is 1. The first-order valence-electron chi connectivity index (χ1n) is 5.32. The summed E-state index contributed by atoms with van der Waals surface area (Å²) < 4.78 is 25.7. The normalized spacial score (nSPS) is 11.5. The second-order valence-electron chi connectivity index (χ2n) is 3.82. The van der Waals surface area contributed by atoms with Gasteiger partial charge in [-0.15, -0.1) is 0 Å². The predicted molar refractivity (Wildman–Crippen MR) is 63.7 cm³/mol. The summed E-state index contributed by atoms with van der Waals surface area (Å²) in [6.45, 7) is 0. The minimum Gasteiger partial charge on any atom is -0.480 e. The zero-order chi connectivity index (χ0) is 15.3. The number of amides is 3. The number of rotatable bonds is 5. The minimum absolute atomic E-state index is 0.205. The quantitative estimate of drug-likeness (QED) is 0.626. The average molecular weight is 287 g/mol. The second kappa shape index (κ2) is 6.45. The molecular formula is C11H11F2N3O4. The molecule has 1 aromatic carbocycles. The number of anilines is 1. The highest BCUT2D eigenvalue weighted by molar-refractivity contribution is 5.93. The molecule has 20 heavy (non-hydrogen) atoms. The van der Waals surface area contributed by atoms with E-state index in [2.05, 4.69) is 0 Å². The van der Waals surface area contributed by atoms with Gasteiger partial charge in [-0.3, -0.25) is 4.79 Å². The summed E-state index contributed by atoms with van der Waals surface area (Å²) in [5.74, 6) is -4.21. The first-order valence-corrected chi connectivity index (χ1v) is 5.32. The molecule has 9 heteroatoms. The van der Waals surface area contributed by atoms with Crippen LogP contribution in [0.3, 0.4) is 0 Å². The zero-order valence-electron chi connectivity index (χ0n) is 10.0. The lowest BCUT2D eigenvalue weighted by molar-refractivity contribution is -0.140. The molecule has 5 N–H and O–H groups in total. The van der Waals surface area contributed by atoms with Crippen molar-refractivity contribution < 1.29 is 28.3 Å². The van der Waals surface area contributed by atoms with Crippen molar-refractivity contribution in [3.8, 4) is 0 Å². The van der Waals surface area contributed by atoms with Gasteiger partial charge in [0.05, 0.1) is 6.42 Å². The lowest BCUT2D eigenvalue weighted by atomic mass is 10.2. The first-order chi connectivity index (χ1) is 9.27. The Morgan fingerprint density at radius 2 is 1.75 bits per heavy atom. The van der Waals surface area contributed by atoms with Crippen LogP contribution in [0, 0.1) is 11.6 Å². The van der Waals surface area contributed by atoms with Crippen LogP contribution in [-0.4, -0.2) is 29.1 Å². The van der Waals surface area contributed by atoms with E-state index in [-0.39, 0.29) is 5.69 Å². The molecule has 7 nitrogen and oxygen atoms in total. The van der Waals surface area contributed by atoms with E-state index in [0.717, 1.165) is 12.1 Å². The molecule has 0 unspecified atom stereocenters. The van der Waals surface area contributed by atoms with E-state index >= 15 is 0 Å². The lowest BCUT2D eigenvalue weighted by Gasteiger charge is -2.13. The van der Waals surface area contributed by atoms with Crippen molar-refractivity contribution in [2.24, 2.45) is 5.73 Å². The number of hydrogen-bond acceptors (Lipinski definition) is 3. The van der Waals surface area contributed by atoms with E-state index in [9.17, 15) is 23.2 Å². The zero-order valence-corrected chi connectivity index (χ0v) is 10.0. The van der Waals surface area contributed by atoms with E-state index in [4.69, 9.17) is 10.8 Å². The molecule has 3 amide bonds. The maximum atomic E-state index is 12.9. The van der Waals surface area contributed by atoms with Crippen LogP contribution in [-0.2, 0) is 9.59 Å². The van der Waals surface area contributed by atoms with Crippen molar-refractivity contribution >= 4 is 23.6 Å². The summed E-state index contributed by atoms with van der Waals surface area (Å²) >= 11 is 0. The fourth-order valence-electron chi connectivity index (χ4n) is 1.35. The number of aliphatic carboxylic acids is 1. The maximum Gasteiger partial charge on any atom is 0.326 e. The molecule has 0 bridgehead atoms. The standard InChI is InChI=1S/C11H11F2N3O4/c12-5-1-6(13)3-7(2-5)15-11(20)16-8(10(18)19)4-9(14)17/h1-3,8H,4H2,(H2,14,17)(H,18,19)(H2,15,16,20)/t8-/m1/s1. The van der Waals surface area contributed by atoms with Gasteiger partial charge in [-0.25, -0.2) is 18.4 Å². The van der Waals surface area contributed by atoms with Crippen LogP contribution < -0.4 is 16.4 Å². The van der Waals surface area contributed by atoms with Crippen molar-refractivity contribution in [1.82, 2.24) is 5.32 Å². The van der Waals surface area contributed by atoms with Crippen LogP contribution in [0.1, 0.15) is 6.42 Å². The minimum atomic E-state index is -1.54. The molecule has 0 saturated heterocycles. The lowest BCUT2D eigenvalue weighted by Crippen LogP contribution is -2.45. The van der Waals surface area contributed by atoms with Crippen LogP contribution in [0.2, 0.25) is 0 Å². The molecule has 1 aromatic rings. The van der Waals surface area contributed by atoms with Gasteiger partial charge < -0.3 is 21.5 Å². The molecule has 0 fully saturated rings. The van der Waals surface area contributed by atoms with Crippen molar-refractivity contribution in [2.75, 3.05) is 5.32 Å². The molecule has 0 aliphatic carbocycles. The summed E-state index contributed by atoms with van der Waals surface area (Å²) in [6.07, 6.45) is -0.611. The molecule has 108 valence electrons. The number of carbonyl (C=O) groups excluding carboxylic acids is 2. The van der Waals surface area contributed by atoms with Crippen LogP contribution in [0.5, 0.6) is 0 Å². The van der Waals surface area contributed by atoms with E-state index in [1.807, 2.05) is 10.6 Å². The highest BCUT2D eigenvalue weighted by atomic mass is 19.1. The van der Waals surface area contributed by atoms with Gasteiger partial charge in [-0.2, -0.15) is 0 Å². The largest absolute Gasteiger partial charge is 0.480 e. The smallest absolute Gasteiger partial charge is 0.326 e. The van der Waals surface area contributed by atoms with E-state index in [1.54, 1.807) is 0 Å². The summed E-state index contributed by atoms with van der Waals surface area (Å²) in [5, 5.41) is 12.7. The molecule has 0 radical (unpaired) electrons. The summed E-state index contributed by atoms with van der Waals surface area (Å²) in [6, 6.07) is -0.288. The second-order valence-corrected chi connectivity index (χ2v) is 3.82. The van der Waals surface area contributed by atoms with Crippen LogP contribution in [0.4, 0.5) is 19.3 Å². The van der Waals surface area contributed by atoms with Gasteiger partial charge in [0.15, 0.2) is 0 Å². The number of hydrogen-bond donors (Lipinski definition) is 4. The van der Waals surface area contributed by atoms with Crippen LogP contribution in [0.25, 0.3) is 0 Å². The third-order valence-electron chi connectivity index (χ3n) is 2.13. The molecule has 1 atom stereocenters. The van der Waals surface area contributed by atoms with E-state index < -0.39 is 42.0 Å². The van der Waals surface area contributed by atoms with Crippen LogP contribution in [0.15, 0.2) is 18.2 Å². The molecule has 0 spiro atoms. The number of urea groups is 1. The Balaban J connectivity index is 2.70. The van der Waals surface area contributed by atoms with Gasteiger partial charge in [-0.05, 0) is 12.1 Å². The molecule has 1 rings (SSSR count). The Bertz CT molecular complexity index is 530. The summed E-state index contributed by atoms with van der Waals surface area (Å²) in [5.41, 5.74) is 4.62. The molecule has 0 aliphatic heterocycles. The molecule has 0 aromatic heterocycles. The average Bonchev–Trinajstić information content (AvgIpc) is 2.25. The van der Waals surface area contributed by atoms with Gasteiger partial charge in [-0.1, -0.05) is 0 Å². The number of carboxylic acids is 1. The Hall–Kier alpha value is -2.71. The summed E-state index contributed by atoms with van der Waals surface area (Å²) in [7, 11) is 0. The highest BCUT2D eigenvalue weighted by Gasteiger charge is 2.22. The molecule has 0 heterocycles. The Kier molecular flexibility index (Phi) is 4.95. The van der Waals surface area contributed by atoms with E-state index in [0.29, 0.717) is 6.07 Å². The van der Waals surface area contributed by atoms with Crippen molar-refractivity contribution in [1.29, 1.82) is 0 Å². The SMILES string of the molecule is NC(=O)C[C@@H](NC(=O)Nc1cc(F)cc(F)c1)C(=O)O. The topological polar surface area (TPSA) is 122 Å². The molecule has 0 saturated carbocycles. The third kappa shape index (κ3) is 4.88. The van der Waals surface area contributed by atoms with Gasteiger partial charge in [0.25, 0.3) is 0 Å². The summed E-state index contributed by atoms with van der Waals surface area (Å²) in [4.78, 5) is 32.8. The molecule has 0 aliphatic rings. The van der Waals surface area contributed by atoms with Gasteiger partial charge in [0.1, 0.15) is 17.7 Å². The number of primary amides is 1. The Morgan fingerprint density at radius 1 is 1.20 bits per heavy atom.